The topological polar surface area (TPSA) is 134 Å². The summed E-state index contributed by atoms with van der Waals surface area (Å²) in [5.41, 5.74) is 0.281. The Morgan fingerprint density at radius 3 is 2.17 bits per heavy atom. The number of aryl methyl sites for hydroxylation is 1. The summed E-state index contributed by atoms with van der Waals surface area (Å²) in [4.78, 5) is 54.4. The van der Waals surface area contributed by atoms with Gasteiger partial charge in [-0.1, -0.05) is 33.8 Å². The van der Waals surface area contributed by atoms with Crippen molar-refractivity contribution >= 4 is 23.9 Å². The van der Waals surface area contributed by atoms with Gasteiger partial charge in [0.25, 0.3) is 0 Å². The van der Waals surface area contributed by atoms with Gasteiger partial charge in [-0.25, -0.2) is 4.79 Å². The Hall–Kier alpha value is -3.30. The number of phenols is 1. The van der Waals surface area contributed by atoms with Gasteiger partial charge in [-0.3, -0.25) is 14.4 Å². The van der Waals surface area contributed by atoms with Gasteiger partial charge in [0.2, 0.25) is 11.8 Å². The van der Waals surface area contributed by atoms with Gasteiger partial charge in [0, 0.05) is 12.6 Å². The molecule has 3 unspecified atom stereocenters. The second kappa shape index (κ2) is 16.2. The molecule has 0 heterocycles. The number of aromatic hydroxyl groups is 1. The first-order valence-electron chi connectivity index (χ1n) is 14.5. The van der Waals surface area contributed by atoms with Crippen molar-refractivity contribution in [2.45, 2.75) is 112 Å². The summed E-state index contributed by atoms with van der Waals surface area (Å²) in [5.74, 6) is -1.24. The van der Waals surface area contributed by atoms with Gasteiger partial charge in [-0.2, -0.15) is 0 Å². The predicted octanol–water partition coefficient (Wildman–Crippen LogP) is 5.01. The molecule has 0 bridgehead atoms. The highest BCUT2D eigenvalue weighted by molar-refractivity contribution is 5.92. The lowest BCUT2D eigenvalue weighted by atomic mass is 9.94. The normalized spacial score (nSPS) is 13.8. The molecule has 0 aliphatic carbocycles. The first kappa shape index (κ1) is 35.7. The van der Waals surface area contributed by atoms with Crippen LogP contribution in [0.3, 0.4) is 0 Å². The van der Waals surface area contributed by atoms with E-state index in [2.05, 4.69) is 24.5 Å². The molecule has 3 amide bonds. The second-order valence-corrected chi connectivity index (χ2v) is 12.2. The van der Waals surface area contributed by atoms with Crippen LogP contribution in [0.15, 0.2) is 18.2 Å². The smallest absolute Gasteiger partial charge is 0.408 e. The minimum atomic E-state index is -1.09. The van der Waals surface area contributed by atoms with E-state index >= 15 is 0 Å². The number of carbonyl (C=O) groups is 4. The van der Waals surface area contributed by atoms with E-state index in [4.69, 9.17) is 9.47 Å². The molecule has 232 valence electrons. The molecular formula is C31H51N3O7. The lowest BCUT2D eigenvalue weighted by Crippen LogP contribution is -2.57. The van der Waals surface area contributed by atoms with Gasteiger partial charge in [-0.05, 0) is 89.5 Å². The zero-order valence-electron chi connectivity index (χ0n) is 26.5. The average molecular weight is 578 g/mol. The van der Waals surface area contributed by atoms with Crippen LogP contribution in [0.2, 0.25) is 0 Å². The van der Waals surface area contributed by atoms with Crippen LogP contribution in [-0.2, 0) is 23.9 Å². The van der Waals surface area contributed by atoms with Crippen LogP contribution >= 0.6 is 0 Å². The van der Waals surface area contributed by atoms with Gasteiger partial charge in [-0.15, -0.1) is 0 Å². The second-order valence-electron chi connectivity index (χ2n) is 12.2. The van der Waals surface area contributed by atoms with Crippen LogP contribution in [0, 0.1) is 18.8 Å². The number of esters is 1. The number of hydrogen-bond donors (Lipinski definition) is 3. The molecule has 0 radical (unpaired) electrons. The van der Waals surface area contributed by atoms with E-state index in [0.29, 0.717) is 23.5 Å². The van der Waals surface area contributed by atoms with E-state index in [9.17, 15) is 24.3 Å². The first-order valence-corrected chi connectivity index (χ1v) is 14.5. The summed E-state index contributed by atoms with van der Waals surface area (Å²) in [6, 6.07) is 2.32. The Kier molecular flexibility index (Phi) is 14.1. The SMILES string of the molecule is CCOC(=O)CCNC(=O)C(c1ccc(O)c(C)c1)N(C(=O)C(NC(=O)OC(C)(C)C)C(C)C)C(C)CCC(C)C. The van der Waals surface area contributed by atoms with Crippen LogP contribution in [0.5, 0.6) is 5.75 Å². The van der Waals surface area contributed by atoms with E-state index in [1.54, 1.807) is 46.8 Å². The summed E-state index contributed by atoms with van der Waals surface area (Å²) in [6.45, 7) is 18.6. The molecule has 0 spiro atoms. The van der Waals surface area contributed by atoms with Crippen LogP contribution in [0.4, 0.5) is 4.79 Å². The fourth-order valence-corrected chi connectivity index (χ4v) is 4.33. The van der Waals surface area contributed by atoms with E-state index in [1.165, 1.54) is 11.0 Å². The van der Waals surface area contributed by atoms with Gasteiger partial charge >= 0.3 is 12.1 Å². The van der Waals surface area contributed by atoms with Crippen molar-refractivity contribution in [3.8, 4) is 5.75 Å². The number of alkyl carbamates (subject to hydrolysis) is 1. The number of rotatable bonds is 14. The summed E-state index contributed by atoms with van der Waals surface area (Å²) in [5, 5.41) is 15.7. The molecule has 0 saturated heterocycles. The third-order valence-corrected chi connectivity index (χ3v) is 6.49. The fraction of sp³-hybridized carbons (Fsp3) is 0.677. The zero-order valence-corrected chi connectivity index (χ0v) is 26.5. The maximum absolute atomic E-state index is 14.4. The highest BCUT2D eigenvalue weighted by Crippen LogP contribution is 2.31. The molecule has 10 nitrogen and oxygen atoms in total. The summed E-state index contributed by atoms with van der Waals surface area (Å²) < 4.78 is 10.4. The van der Waals surface area contributed by atoms with E-state index in [0.717, 1.165) is 6.42 Å². The van der Waals surface area contributed by atoms with Crippen LogP contribution < -0.4 is 10.6 Å². The Labute approximate surface area is 245 Å². The molecule has 0 aliphatic heterocycles. The lowest BCUT2D eigenvalue weighted by Gasteiger charge is -2.39. The van der Waals surface area contributed by atoms with Crippen molar-refractivity contribution in [3.63, 3.8) is 0 Å². The summed E-state index contributed by atoms with van der Waals surface area (Å²) in [6.07, 6.45) is 0.676. The van der Waals surface area contributed by atoms with Crippen molar-refractivity contribution in [1.29, 1.82) is 0 Å². The number of hydrogen-bond acceptors (Lipinski definition) is 7. The molecule has 3 N–H and O–H groups in total. The van der Waals surface area contributed by atoms with E-state index in [-0.39, 0.29) is 37.3 Å². The highest BCUT2D eigenvalue weighted by Gasteiger charge is 2.40. The maximum atomic E-state index is 14.4. The quantitative estimate of drug-likeness (QED) is 0.265. The van der Waals surface area contributed by atoms with E-state index < -0.39 is 41.6 Å². The van der Waals surface area contributed by atoms with Crippen molar-refractivity contribution in [3.05, 3.63) is 29.3 Å². The zero-order chi connectivity index (χ0) is 31.5. The van der Waals surface area contributed by atoms with Crippen molar-refractivity contribution in [2.75, 3.05) is 13.2 Å². The van der Waals surface area contributed by atoms with Gasteiger partial charge in [0.05, 0.1) is 13.0 Å². The summed E-state index contributed by atoms with van der Waals surface area (Å²) in [7, 11) is 0. The number of phenolic OH excluding ortho intramolecular Hbond substituents is 1. The number of amides is 3. The Morgan fingerprint density at radius 2 is 1.66 bits per heavy atom. The molecule has 3 atom stereocenters. The molecule has 0 fully saturated rings. The highest BCUT2D eigenvalue weighted by atomic mass is 16.6. The van der Waals surface area contributed by atoms with Gasteiger partial charge in [0.15, 0.2) is 0 Å². The third kappa shape index (κ3) is 12.0. The minimum absolute atomic E-state index is 0.0213. The molecule has 0 aliphatic rings. The van der Waals surface area contributed by atoms with Crippen molar-refractivity contribution in [1.82, 2.24) is 15.5 Å². The fourth-order valence-electron chi connectivity index (χ4n) is 4.33. The molecule has 1 aromatic rings. The average Bonchev–Trinajstić information content (AvgIpc) is 2.84. The molecular weight excluding hydrogens is 526 g/mol. The van der Waals surface area contributed by atoms with Gasteiger partial charge in [0.1, 0.15) is 23.4 Å². The molecule has 0 saturated carbocycles. The number of carbonyl (C=O) groups excluding carboxylic acids is 4. The summed E-state index contributed by atoms with van der Waals surface area (Å²) >= 11 is 0. The molecule has 41 heavy (non-hydrogen) atoms. The molecule has 1 rings (SSSR count). The van der Waals surface area contributed by atoms with Crippen molar-refractivity contribution < 1.29 is 33.8 Å². The van der Waals surface area contributed by atoms with Gasteiger partial charge < -0.3 is 30.1 Å². The molecule has 10 heteroatoms. The largest absolute Gasteiger partial charge is 0.508 e. The van der Waals surface area contributed by atoms with Crippen LogP contribution in [0.1, 0.15) is 98.7 Å². The minimum Gasteiger partial charge on any atom is -0.508 e. The van der Waals surface area contributed by atoms with Crippen LogP contribution in [0.25, 0.3) is 0 Å². The first-order chi connectivity index (χ1) is 19.0. The monoisotopic (exact) mass is 577 g/mol. The number of benzene rings is 1. The number of nitrogens with one attached hydrogen (secondary N) is 2. The lowest BCUT2D eigenvalue weighted by molar-refractivity contribution is -0.146. The standard InChI is InChI=1S/C31H51N3O7/c1-11-40-25(36)16-17-32-28(37)27(23-14-15-24(35)21(6)18-23)34(22(7)13-12-19(2)3)29(38)26(20(4)5)33-30(39)41-31(8,9)10/h14-15,18-20,22,26-27,35H,11-13,16-17H2,1-10H3,(H,32,37)(H,33,39). The Morgan fingerprint density at radius 1 is 1.02 bits per heavy atom. The van der Waals surface area contributed by atoms with Crippen molar-refractivity contribution in [2.24, 2.45) is 11.8 Å². The maximum Gasteiger partial charge on any atom is 0.408 e. The Bertz CT molecular complexity index is 1030. The third-order valence-electron chi connectivity index (χ3n) is 6.49. The molecule has 0 aromatic heterocycles. The van der Waals surface area contributed by atoms with E-state index in [1.807, 2.05) is 20.8 Å². The number of ether oxygens (including phenoxy) is 2. The number of nitrogens with zero attached hydrogens (tertiary/aromatic N) is 1. The predicted molar refractivity (Wildman–Crippen MR) is 158 cm³/mol. The molecule has 1 aromatic carbocycles. The Balaban J connectivity index is 3.60. The van der Waals surface area contributed by atoms with Crippen LogP contribution in [-0.4, -0.2) is 64.7 Å².